The Kier molecular flexibility index (Phi) is 6.26. The van der Waals surface area contributed by atoms with Crippen molar-refractivity contribution in [2.24, 2.45) is 0 Å². The Hall–Kier alpha value is -3.00. The van der Waals surface area contributed by atoms with E-state index >= 15 is 0 Å². The maximum atomic E-state index is 6.12. The van der Waals surface area contributed by atoms with E-state index in [0.717, 1.165) is 73.6 Å². The lowest BCUT2D eigenvalue weighted by atomic mass is 9.95. The highest BCUT2D eigenvalue weighted by atomic mass is 15.2. The molecule has 174 valence electrons. The molecule has 2 fully saturated rings. The van der Waals surface area contributed by atoms with Gasteiger partial charge in [-0.1, -0.05) is 6.92 Å². The van der Waals surface area contributed by atoms with Gasteiger partial charge in [0.25, 0.3) is 0 Å². The summed E-state index contributed by atoms with van der Waals surface area (Å²) in [4.78, 5) is 23.2. The summed E-state index contributed by atoms with van der Waals surface area (Å²) in [5.74, 6) is 3.25. The zero-order chi connectivity index (χ0) is 22.8. The zero-order valence-electron chi connectivity index (χ0n) is 19.7. The van der Waals surface area contributed by atoms with E-state index < -0.39 is 0 Å². The van der Waals surface area contributed by atoms with Crippen LogP contribution in [0.5, 0.6) is 0 Å². The minimum Gasteiger partial charge on any atom is -0.383 e. The number of aromatic nitrogens is 5. The molecule has 3 aromatic heterocycles. The molecule has 2 aliphatic rings. The molecule has 0 amide bonds. The SMILES string of the molecule is CCc1c(N)ncnc1N1CCC(c2nc(-c3cncc(C)c3)cn2CCN2CCC2)CC1. The normalized spacial score (nSPS) is 17.3. The van der Waals surface area contributed by atoms with Gasteiger partial charge in [-0.25, -0.2) is 15.0 Å². The molecule has 2 N–H and O–H groups in total. The largest absolute Gasteiger partial charge is 0.383 e. The molecule has 5 heterocycles. The fourth-order valence-corrected chi connectivity index (χ4v) is 5.00. The van der Waals surface area contributed by atoms with E-state index in [1.807, 2.05) is 12.4 Å². The predicted octanol–water partition coefficient (Wildman–Crippen LogP) is 3.28. The van der Waals surface area contributed by atoms with Crippen molar-refractivity contribution in [1.29, 1.82) is 0 Å². The predicted molar refractivity (Wildman–Crippen MR) is 131 cm³/mol. The van der Waals surface area contributed by atoms with E-state index in [1.165, 1.54) is 25.3 Å². The van der Waals surface area contributed by atoms with Crippen LogP contribution in [0.15, 0.2) is 31.0 Å². The van der Waals surface area contributed by atoms with Crippen LogP contribution in [-0.4, -0.2) is 62.1 Å². The molecule has 0 saturated carbocycles. The number of anilines is 2. The minimum atomic E-state index is 0.438. The molecule has 0 radical (unpaired) electrons. The molecule has 2 aliphatic heterocycles. The fourth-order valence-electron chi connectivity index (χ4n) is 5.00. The van der Waals surface area contributed by atoms with Gasteiger partial charge in [0.15, 0.2) is 0 Å². The van der Waals surface area contributed by atoms with Crippen LogP contribution in [-0.2, 0) is 13.0 Å². The molecule has 0 aromatic carbocycles. The Balaban J connectivity index is 1.36. The van der Waals surface area contributed by atoms with Crippen molar-refractivity contribution in [2.75, 3.05) is 43.4 Å². The average molecular weight is 447 g/mol. The summed E-state index contributed by atoms with van der Waals surface area (Å²) < 4.78 is 2.40. The van der Waals surface area contributed by atoms with Crippen LogP contribution in [0.4, 0.5) is 11.6 Å². The topological polar surface area (TPSA) is 89.0 Å². The minimum absolute atomic E-state index is 0.438. The number of nitrogens with two attached hydrogens (primary N) is 1. The summed E-state index contributed by atoms with van der Waals surface area (Å²) in [5, 5.41) is 0. The highest BCUT2D eigenvalue weighted by molar-refractivity contribution is 5.59. The van der Waals surface area contributed by atoms with Crippen molar-refractivity contribution < 1.29 is 0 Å². The third-order valence-corrected chi connectivity index (χ3v) is 7.05. The van der Waals surface area contributed by atoms with Gasteiger partial charge in [-0.3, -0.25) is 4.98 Å². The first-order valence-electron chi connectivity index (χ1n) is 12.2. The Morgan fingerprint density at radius 1 is 1.06 bits per heavy atom. The summed E-state index contributed by atoms with van der Waals surface area (Å²) in [6.07, 6.45) is 11.9. The Bertz CT molecular complexity index is 1100. The van der Waals surface area contributed by atoms with Crippen molar-refractivity contribution in [3.05, 3.63) is 47.9 Å². The maximum Gasteiger partial charge on any atom is 0.137 e. The first kappa shape index (κ1) is 21.8. The van der Waals surface area contributed by atoms with Crippen LogP contribution in [0, 0.1) is 6.92 Å². The van der Waals surface area contributed by atoms with Gasteiger partial charge in [0, 0.05) is 61.8 Å². The van der Waals surface area contributed by atoms with Gasteiger partial charge >= 0.3 is 0 Å². The molecule has 8 nitrogen and oxygen atoms in total. The van der Waals surface area contributed by atoms with Gasteiger partial charge in [-0.2, -0.15) is 0 Å². The number of hydrogen-bond acceptors (Lipinski definition) is 7. The Morgan fingerprint density at radius 3 is 2.58 bits per heavy atom. The van der Waals surface area contributed by atoms with Gasteiger partial charge in [0.2, 0.25) is 0 Å². The highest BCUT2D eigenvalue weighted by Crippen LogP contribution is 2.33. The molecular formula is C25H34N8. The second-order valence-electron chi connectivity index (χ2n) is 9.30. The molecule has 3 aromatic rings. The first-order chi connectivity index (χ1) is 16.1. The molecule has 0 aliphatic carbocycles. The lowest BCUT2D eigenvalue weighted by molar-refractivity contribution is 0.173. The van der Waals surface area contributed by atoms with Gasteiger partial charge in [-0.05, 0) is 57.3 Å². The molecule has 0 bridgehead atoms. The summed E-state index contributed by atoms with van der Waals surface area (Å²) in [5.41, 5.74) is 10.5. The van der Waals surface area contributed by atoms with Crippen molar-refractivity contribution in [3.63, 3.8) is 0 Å². The molecular weight excluding hydrogens is 412 g/mol. The zero-order valence-corrected chi connectivity index (χ0v) is 19.7. The number of likely N-dealkylation sites (tertiary alicyclic amines) is 1. The lowest BCUT2D eigenvalue weighted by Gasteiger charge is -2.34. The number of aryl methyl sites for hydroxylation is 1. The van der Waals surface area contributed by atoms with Crippen LogP contribution in [0.2, 0.25) is 0 Å². The lowest BCUT2D eigenvalue weighted by Crippen LogP contribution is -2.39. The molecule has 33 heavy (non-hydrogen) atoms. The van der Waals surface area contributed by atoms with Crippen LogP contribution in [0.3, 0.4) is 0 Å². The van der Waals surface area contributed by atoms with E-state index in [0.29, 0.717) is 11.7 Å². The third-order valence-electron chi connectivity index (χ3n) is 7.05. The van der Waals surface area contributed by atoms with Crippen molar-refractivity contribution >= 4 is 11.6 Å². The molecule has 2 saturated heterocycles. The van der Waals surface area contributed by atoms with Crippen molar-refractivity contribution in [1.82, 2.24) is 29.4 Å². The summed E-state index contributed by atoms with van der Waals surface area (Å²) in [6.45, 7) is 10.6. The monoisotopic (exact) mass is 446 g/mol. The number of nitrogens with zero attached hydrogens (tertiary/aromatic N) is 7. The average Bonchev–Trinajstić information content (AvgIpc) is 3.22. The summed E-state index contributed by atoms with van der Waals surface area (Å²) in [7, 11) is 0. The molecule has 5 rings (SSSR count). The van der Waals surface area contributed by atoms with Gasteiger partial charge in [0.1, 0.15) is 23.8 Å². The molecule has 0 unspecified atom stereocenters. The number of pyridine rings is 1. The van der Waals surface area contributed by atoms with Gasteiger partial charge < -0.3 is 20.1 Å². The standard InChI is InChI=1S/C25H34N8/c1-3-21-23(26)28-17-29-25(21)32-9-5-19(6-10-32)24-30-22(20-13-18(2)14-27-15-20)16-33(24)12-11-31-7-4-8-31/h13-17,19H,3-12H2,1-2H3,(H2,26,28,29). The second kappa shape index (κ2) is 9.47. The Morgan fingerprint density at radius 2 is 1.88 bits per heavy atom. The quantitative estimate of drug-likeness (QED) is 0.596. The molecule has 8 heteroatoms. The van der Waals surface area contributed by atoms with Crippen molar-refractivity contribution in [3.8, 4) is 11.3 Å². The Labute approximate surface area is 195 Å². The number of hydrogen-bond donors (Lipinski definition) is 1. The van der Waals surface area contributed by atoms with Crippen LogP contribution < -0.4 is 10.6 Å². The van der Waals surface area contributed by atoms with E-state index in [4.69, 9.17) is 10.7 Å². The fraction of sp³-hybridized carbons (Fsp3) is 0.520. The maximum absolute atomic E-state index is 6.12. The van der Waals surface area contributed by atoms with Crippen LogP contribution in [0.1, 0.15) is 49.1 Å². The summed E-state index contributed by atoms with van der Waals surface area (Å²) >= 11 is 0. The first-order valence-corrected chi connectivity index (χ1v) is 12.2. The van der Waals surface area contributed by atoms with Gasteiger partial charge in [0.05, 0.1) is 5.69 Å². The third kappa shape index (κ3) is 4.57. The highest BCUT2D eigenvalue weighted by Gasteiger charge is 2.27. The number of piperidine rings is 1. The van der Waals surface area contributed by atoms with Crippen LogP contribution >= 0.6 is 0 Å². The molecule has 0 atom stereocenters. The molecule has 0 spiro atoms. The van der Waals surface area contributed by atoms with E-state index in [-0.39, 0.29) is 0 Å². The smallest absolute Gasteiger partial charge is 0.137 e. The van der Waals surface area contributed by atoms with E-state index in [1.54, 1.807) is 6.33 Å². The number of rotatable bonds is 7. The van der Waals surface area contributed by atoms with Crippen molar-refractivity contribution in [2.45, 2.75) is 52.0 Å². The number of imidazole rings is 1. The second-order valence-corrected chi connectivity index (χ2v) is 9.30. The summed E-state index contributed by atoms with van der Waals surface area (Å²) in [6, 6.07) is 2.17. The van der Waals surface area contributed by atoms with E-state index in [9.17, 15) is 0 Å². The number of nitrogen functional groups attached to an aromatic ring is 1. The van der Waals surface area contributed by atoms with Gasteiger partial charge in [-0.15, -0.1) is 0 Å². The van der Waals surface area contributed by atoms with Crippen LogP contribution in [0.25, 0.3) is 11.3 Å². The van der Waals surface area contributed by atoms with E-state index in [2.05, 4.69) is 55.4 Å².